The summed E-state index contributed by atoms with van der Waals surface area (Å²) < 4.78 is 24.2. The van der Waals surface area contributed by atoms with E-state index in [4.69, 9.17) is 9.47 Å². The lowest BCUT2D eigenvalue weighted by molar-refractivity contribution is 0.381. The normalized spacial score (nSPS) is 19.4. The molecule has 94 valence electrons. The first kappa shape index (κ1) is 12.2. The smallest absolute Gasteiger partial charge is 0.133 e. The number of ether oxygens (including phenoxy) is 2. The third-order valence-electron chi connectivity index (χ3n) is 3.20. The highest BCUT2D eigenvalue weighted by Crippen LogP contribution is 2.29. The Morgan fingerprint density at radius 1 is 1.35 bits per heavy atom. The SMILES string of the molecule is COc1cc(F)c(CC2CCCN2)c(OC)c1. The van der Waals surface area contributed by atoms with Gasteiger partial charge in [0.25, 0.3) is 0 Å². The minimum atomic E-state index is -0.255. The van der Waals surface area contributed by atoms with Crippen molar-refractivity contribution in [2.45, 2.75) is 25.3 Å². The Kier molecular flexibility index (Phi) is 3.84. The predicted molar refractivity (Wildman–Crippen MR) is 64.2 cm³/mol. The summed E-state index contributed by atoms with van der Waals surface area (Å²) in [5, 5.41) is 3.36. The van der Waals surface area contributed by atoms with E-state index in [1.807, 2.05) is 0 Å². The zero-order chi connectivity index (χ0) is 12.3. The van der Waals surface area contributed by atoms with Gasteiger partial charge in [-0.15, -0.1) is 0 Å². The quantitative estimate of drug-likeness (QED) is 0.873. The first-order chi connectivity index (χ1) is 8.24. The molecule has 1 unspecified atom stereocenters. The van der Waals surface area contributed by atoms with E-state index in [1.165, 1.54) is 13.2 Å². The zero-order valence-electron chi connectivity index (χ0n) is 10.3. The first-order valence-corrected chi connectivity index (χ1v) is 5.88. The fourth-order valence-corrected chi connectivity index (χ4v) is 2.26. The van der Waals surface area contributed by atoms with Gasteiger partial charge in [-0.05, 0) is 25.8 Å². The van der Waals surface area contributed by atoms with Gasteiger partial charge in [-0.25, -0.2) is 4.39 Å². The van der Waals surface area contributed by atoms with Crippen molar-refractivity contribution in [3.8, 4) is 11.5 Å². The molecule has 0 aromatic heterocycles. The van der Waals surface area contributed by atoms with Gasteiger partial charge in [0.1, 0.15) is 17.3 Å². The maximum atomic E-state index is 14.0. The summed E-state index contributed by atoms with van der Waals surface area (Å²) in [6.07, 6.45) is 2.92. The van der Waals surface area contributed by atoms with E-state index in [0.29, 0.717) is 29.5 Å². The third-order valence-corrected chi connectivity index (χ3v) is 3.20. The van der Waals surface area contributed by atoms with Crippen LogP contribution in [0.25, 0.3) is 0 Å². The van der Waals surface area contributed by atoms with Crippen LogP contribution >= 0.6 is 0 Å². The van der Waals surface area contributed by atoms with Crippen LogP contribution in [0.2, 0.25) is 0 Å². The van der Waals surface area contributed by atoms with E-state index in [1.54, 1.807) is 13.2 Å². The molecule has 1 saturated heterocycles. The Morgan fingerprint density at radius 3 is 2.76 bits per heavy atom. The lowest BCUT2D eigenvalue weighted by Crippen LogP contribution is -2.24. The number of methoxy groups -OCH3 is 2. The number of halogens is 1. The van der Waals surface area contributed by atoms with Gasteiger partial charge in [0.15, 0.2) is 0 Å². The highest BCUT2D eigenvalue weighted by Gasteiger charge is 2.20. The Morgan fingerprint density at radius 2 is 2.18 bits per heavy atom. The first-order valence-electron chi connectivity index (χ1n) is 5.88. The van der Waals surface area contributed by atoms with Crippen LogP contribution in [-0.2, 0) is 6.42 Å². The van der Waals surface area contributed by atoms with E-state index in [9.17, 15) is 4.39 Å². The van der Waals surface area contributed by atoms with Gasteiger partial charge in [-0.2, -0.15) is 0 Å². The van der Waals surface area contributed by atoms with E-state index < -0.39 is 0 Å². The summed E-state index contributed by atoms with van der Waals surface area (Å²) in [6, 6.07) is 3.49. The molecule has 0 saturated carbocycles. The molecule has 0 amide bonds. The Balaban J connectivity index is 2.24. The van der Waals surface area contributed by atoms with Crippen LogP contribution < -0.4 is 14.8 Å². The van der Waals surface area contributed by atoms with E-state index in [2.05, 4.69) is 5.32 Å². The molecule has 4 heteroatoms. The molecule has 3 nitrogen and oxygen atoms in total. The maximum absolute atomic E-state index is 14.0. The van der Waals surface area contributed by atoms with Crippen molar-refractivity contribution >= 4 is 0 Å². The molecule has 0 spiro atoms. The molecule has 1 heterocycles. The number of hydrogen-bond acceptors (Lipinski definition) is 3. The second kappa shape index (κ2) is 5.36. The molecule has 1 aliphatic heterocycles. The molecule has 0 radical (unpaired) electrons. The van der Waals surface area contributed by atoms with Gasteiger partial charge < -0.3 is 14.8 Å². The van der Waals surface area contributed by atoms with Crippen molar-refractivity contribution in [3.05, 3.63) is 23.5 Å². The Labute approximate surface area is 101 Å². The maximum Gasteiger partial charge on any atom is 0.133 e. The van der Waals surface area contributed by atoms with Crippen molar-refractivity contribution in [2.75, 3.05) is 20.8 Å². The summed E-state index contributed by atoms with van der Waals surface area (Å²) >= 11 is 0. The topological polar surface area (TPSA) is 30.5 Å². The molecule has 2 rings (SSSR count). The average molecular weight is 239 g/mol. The van der Waals surface area contributed by atoms with Gasteiger partial charge in [-0.3, -0.25) is 0 Å². The summed E-state index contributed by atoms with van der Waals surface area (Å²) in [5.74, 6) is 0.799. The highest BCUT2D eigenvalue weighted by molar-refractivity contribution is 5.42. The fourth-order valence-electron chi connectivity index (χ4n) is 2.26. The van der Waals surface area contributed by atoms with Crippen LogP contribution in [0.15, 0.2) is 12.1 Å². The van der Waals surface area contributed by atoms with Crippen LogP contribution in [-0.4, -0.2) is 26.8 Å². The Bertz CT molecular complexity index is 389. The van der Waals surface area contributed by atoms with Crippen LogP contribution in [0.3, 0.4) is 0 Å². The summed E-state index contributed by atoms with van der Waals surface area (Å²) in [5.41, 5.74) is 0.632. The monoisotopic (exact) mass is 239 g/mol. The largest absolute Gasteiger partial charge is 0.497 e. The van der Waals surface area contributed by atoms with Crippen LogP contribution in [0.5, 0.6) is 11.5 Å². The lowest BCUT2D eigenvalue weighted by atomic mass is 10.0. The van der Waals surface area contributed by atoms with Crippen LogP contribution in [0.1, 0.15) is 18.4 Å². The zero-order valence-corrected chi connectivity index (χ0v) is 10.3. The van der Waals surface area contributed by atoms with Crippen molar-refractivity contribution in [3.63, 3.8) is 0 Å². The van der Waals surface area contributed by atoms with Gasteiger partial charge in [0.05, 0.1) is 14.2 Å². The minimum absolute atomic E-state index is 0.255. The molecule has 17 heavy (non-hydrogen) atoms. The predicted octanol–water partition coefficient (Wildman–Crippen LogP) is 2.14. The van der Waals surface area contributed by atoms with Crippen molar-refractivity contribution in [1.82, 2.24) is 5.32 Å². The summed E-state index contributed by atoms with van der Waals surface area (Å²) in [4.78, 5) is 0. The van der Waals surface area contributed by atoms with Gasteiger partial charge in [0, 0.05) is 23.7 Å². The Hall–Kier alpha value is -1.29. The highest BCUT2D eigenvalue weighted by atomic mass is 19.1. The fraction of sp³-hybridized carbons (Fsp3) is 0.538. The summed E-state index contributed by atoms with van der Waals surface area (Å²) in [7, 11) is 3.08. The molecular weight excluding hydrogens is 221 g/mol. The molecule has 1 aromatic carbocycles. The van der Waals surface area contributed by atoms with Gasteiger partial charge in [0.2, 0.25) is 0 Å². The second-order valence-electron chi connectivity index (χ2n) is 4.29. The number of rotatable bonds is 4. The van der Waals surface area contributed by atoms with Crippen LogP contribution in [0, 0.1) is 5.82 Å². The molecule has 1 N–H and O–H groups in total. The van der Waals surface area contributed by atoms with E-state index in [-0.39, 0.29) is 5.82 Å². The van der Waals surface area contributed by atoms with Crippen LogP contribution in [0.4, 0.5) is 4.39 Å². The molecule has 0 aliphatic carbocycles. The third kappa shape index (κ3) is 2.69. The minimum Gasteiger partial charge on any atom is -0.497 e. The molecule has 1 aromatic rings. The van der Waals surface area contributed by atoms with Crippen molar-refractivity contribution < 1.29 is 13.9 Å². The number of nitrogens with one attached hydrogen (secondary N) is 1. The molecular formula is C13H18FNO2. The molecule has 1 aliphatic rings. The van der Waals surface area contributed by atoms with E-state index in [0.717, 1.165) is 19.4 Å². The average Bonchev–Trinajstić information content (AvgIpc) is 2.84. The second-order valence-corrected chi connectivity index (χ2v) is 4.29. The van der Waals surface area contributed by atoms with Crippen molar-refractivity contribution in [2.24, 2.45) is 0 Å². The molecule has 0 bridgehead atoms. The van der Waals surface area contributed by atoms with E-state index >= 15 is 0 Å². The van der Waals surface area contributed by atoms with Gasteiger partial charge >= 0.3 is 0 Å². The molecule has 1 fully saturated rings. The number of benzene rings is 1. The van der Waals surface area contributed by atoms with Crippen molar-refractivity contribution in [1.29, 1.82) is 0 Å². The summed E-state index contributed by atoms with van der Waals surface area (Å²) in [6.45, 7) is 1.02. The standard InChI is InChI=1S/C13H18FNO2/c1-16-10-7-12(14)11(13(8-10)17-2)6-9-4-3-5-15-9/h7-9,15H,3-6H2,1-2H3. The lowest BCUT2D eigenvalue weighted by Gasteiger charge is -2.15. The molecule has 1 atom stereocenters. The van der Waals surface area contributed by atoms with Gasteiger partial charge in [-0.1, -0.05) is 0 Å². The number of hydrogen-bond donors (Lipinski definition) is 1.